The van der Waals surface area contributed by atoms with Crippen LogP contribution in [-0.4, -0.2) is 11.9 Å². The van der Waals surface area contributed by atoms with Gasteiger partial charge >= 0.3 is 0 Å². The average Bonchev–Trinajstić information content (AvgIpc) is 2.78. The first kappa shape index (κ1) is 13.0. The van der Waals surface area contributed by atoms with Gasteiger partial charge in [-0.25, -0.2) is 0 Å². The lowest BCUT2D eigenvalue weighted by molar-refractivity contribution is 0.259. The number of halogens is 1. The number of hydrogen-bond donors (Lipinski definition) is 0. The molecule has 0 aliphatic rings. The third-order valence-electron chi connectivity index (χ3n) is 2.91. The van der Waals surface area contributed by atoms with E-state index in [0.29, 0.717) is 23.9 Å². The second-order valence-corrected chi connectivity index (χ2v) is 4.76. The molecule has 1 aromatic carbocycles. The molecule has 18 heavy (non-hydrogen) atoms. The fraction of sp³-hybridized carbons (Fsp3) is 0.357. The van der Waals surface area contributed by atoms with E-state index in [1.807, 2.05) is 30.3 Å². The number of nitriles is 1. The summed E-state index contributed by atoms with van der Waals surface area (Å²) >= 11 is 3.46. The van der Waals surface area contributed by atoms with Crippen LogP contribution in [0.1, 0.15) is 19.1 Å². The Bertz CT molecular complexity index is 567. The summed E-state index contributed by atoms with van der Waals surface area (Å²) < 4.78 is 11.2. The maximum atomic E-state index is 9.07. The van der Waals surface area contributed by atoms with Gasteiger partial charge in [-0.15, -0.1) is 0 Å². The molecule has 0 spiro atoms. The van der Waals surface area contributed by atoms with Crippen molar-refractivity contribution in [2.24, 2.45) is 5.92 Å². The van der Waals surface area contributed by atoms with Gasteiger partial charge in [-0.2, -0.15) is 5.26 Å². The summed E-state index contributed by atoms with van der Waals surface area (Å²) in [5, 5.41) is 10.8. The number of rotatable bonds is 5. The summed E-state index contributed by atoms with van der Waals surface area (Å²) in [7, 11) is 0. The van der Waals surface area contributed by atoms with Gasteiger partial charge in [-0.05, 0) is 18.6 Å². The summed E-state index contributed by atoms with van der Waals surface area (Å²) in [6.07, 6.45) is 1.03. The van der Waals surface area contributed by atoms with Gasteiger partial charge in [-0.1, -0.05) is 35.0 Å². The lowest BCUT2D eigenvalue weighted by atomic mass is 10.1. The minimum atomic E-state index is 0.251. The molecule has 0 saturated heterocycles. The Morgan fingerprint density at radius 3 is 2.89 bits per heavy atom. The molecule has 4 heteroatoms. The van der Waals surface area contributed by atoms with E-state index in [1.165, 1.54) is 0 Å². The van der Waals surface area contributed by atoms with Crippen LogP contribution in [0.4, 0.5) is 0 Å². The Morgan fingerprint density at radius 1 is 1.44 bits per heavy atom. The molecule has 0 aliphatic heterocycles. The number of para-hydroxylation sites is 1. The molecule has 0 saturated carbocycles. The Labute approximate surface area is 114 Å². The van der Waals surface area contributed by atoms with Crippen molar-refractivity contribution in [2.45, 2.75) is 13.3 Å². The maximum absolute atomic E-state index is 9.07. The van der Waals surface area contributed by atoms with Crippen LogP contribution in [0.25, 0.3) is 11.0 Å². The number of benzene rings is 1. The van der Waals surface area contributed by atoms with Crippen molar-refractivity contribution >= 4 is 26.9 Å². The Kier molecular flexibility index (Phi) is 4.27. The van der Waals surface area contributed by atoms with Crippen LogP contribution in [0, 0.1) is 17.2 Å². The van der Waals surface area contributed by atoms with Gasteiger partial charge < -0.3 is 9.15 Å². The van der Waals surface area contributed by atoms with Crippen LogP contribution in [0.3, 0.4) is 0 Å². The van der Waals surface area contributed by atoms with Crippen molar-refractivity contribution in [3.63, 3.8) is 0 Å². The highest BCUT2D eigenvalue weighted by molar-refractivity contribution is 9.09. The Balaban J connectivity index is 2.29. The van der Waals surface area contributed by atoms with Crippen molar-refractivity contribution in [3.8, 4) is 11.8 Å². The number of nitrogens with zero attached hydrogens (tertiary/aromatic N) is 1. The highest BCUT2D eigenvalue weighted by Crippen LogP contribution is 2.32. The molecule has 0 aliphatic carbocycles. The number of hydrogen-bond acceptors (Lipinski definition) is 3. The van der Waals surface area contributed by atoms with Crippen molar-refractivity contribution in [3.05, 3.63) is 30.0 Å². The van der Waals surface area contributed by atoms with E-state index in [0.717, 1.165) is 17.1 Å². The molecule has 94 valence electrons. The van der Waals surface area contributed by atoms with Crippen LogP contribution >= 0.6 is 15.9 Å². The average molecular weight is 308 g/mol. The molecular weight excluding hydrogens is 294 g/mol. The van der Waals surface area contributed by atoms with E-state index in [2.05, 4.69) is 22.9 Å². The van der Waals surface area contributed by atoms with Crippen LogP contribution < -0.4 is 4.74 Å². The first-order valence-electron chi connectivity index (χ1n) is 5.90. The molecule has 0 bridgehead atoms. The Hall–Kier alpha value is -1.47. The van der Waals surface area contributed by atoms with E-state index < -0.39 is 0 Å². The summed E-state index contributed by atoms with van der Waals surface area (Å²) in [5.74, 6) is 1.25. The molecule has 1 atom stereocenters. The van der Waals surface area contributed by atoms with Crippen molar-refractivity contribution in [1.82, 2.24) is 0 Å². The van der Waals surface area contributed by atoms with Gasteiger partial charge in [-0.3, -0.25) is 0 Å². The van der Waals surface area contributed by atoms with Crippen LogP contribution in [0.15, 0.2) is 28.7 Å². The molecule has 2 aromatic rings. The largest absolute Gasteiger partial charge is 0.488 e. The van der Waals surface area contributed by atoms with E-state index in [9.17, 15) is 0 Å². The molecular formula is C14H14BrNO2. The summed E-state index contributed by atoms with van der Waals surface area (Å²) in [6, 6.07) is 9.58. The smallest absolute Gasteiger partial charge is 0.246 e. The first-order chi connectivity index (χ1) is 8.80. The molecule has 0 fully saturated rings. The second-order valence-electron chi connectivity index (χ2n) is 4.11. The normalized spacial score (nSPS) is 12.3. The third kappa shape index (κ3) is 2.51. The summed E-state index contributed by atoms with van der Waals surface area (Å²) in [5.41, 5.74) is 0.691. The topological polar surface area (TPSA) is 46.2 Å². The van der Waals surface area contributed by atoms with Gasteiger partial charge in [0.15, 0.2) is 5.75 Å². The Morgan fingerprint density at radius 2 is 2.22 bits per heavy atom. The van der Waals surface area contributed by atoms with E-state index >= 15 is 0 Å². The van der Waals surface area contributed by atoms with E-state index in [4.69, 9.17) is 14.4 Å². The lowest BCUT2D eigenvalue weighted by Gasteiger charge is -2.12. The van der Waals surface area contributed by atoms with Gasteiger partial charge in [0.05, 0.1) is 12.0 Å². The molecule has 0 amide bonds. The van der Waals surface area contributed by atoms with E-state index in [-0.39, 0.29) is 5.76 Å². The van der Waals surface area contributed by atoms with Crippen LogP contribution in [0.5, 0.6) is 5.75 Å². The summed E-state index contributed by atoms with van der Waals surface area (Å²) in [4.78, 5) is 0. The zero-order chi connectivity index (χ0) is 13.0. The SMILES string of the molecule is CCC(CBr)COc1c(C#N)oc2ccccc12. The number of furan rings is 1. The molecule has 2 rings (SSSR count). The van der Waals surface area contributed by atoms with Crippen LogP contribution in [-0.2, 0) is 0 Å². The standard InChI is InChI=1S/C14H14BrNO2/c1-2-10(7-15)9-17-14-11-5-3-4-6-12(11)18-13(14)8-16/h3-6,10H,2,7,9H2,1H3. The molecule has 0 radical (unpaired) electrons. The predicted octanol–water partition coefficient (Wildman–Crippen LogP) is 4.10. The highest BCUT2D eigenvalue weighted by atomic mass is 79.9. The zero-order valence-electron chi connectivity index (χ0n) is 10.1. The predicted molar refractivity (Wildman–Crippen MR) is 74.0 cm³/mol. The van der Waals surface area contributed by atoms with Gasteiger partial charge in [0.2, 0.25) is 5.76 Å². The first-order valence-corrected chi connectivity index (χ1v) is 7.02. The van der Waals surface area contributed by atoms with Crippen LogP contribution in [0.2, 0.25) is 0 Å². The van der Waals surface area contributed by atoms with Crippen molar-refractivity contribution in [2.75, 3.05) is 11.9 Å². The molecule has 1 unspecified atom stereocenters. The monoisotopic (exact) mass is 307 g/mol. The second kappa shape index (κ2) is 5.92. The zero-order valence-corrected chi connectivity index (χ0v) is 11.7. The minimum Gasteiger partial charge on any atom is -0.488 e. The van der Waals surface area contributed by atoms with Gasteiger partial charge in [0.1, 0.15) is 11.7 Å². The third-order valence-corrected chi connectivity index (χ3v) is 3.83. The van der Waals surface area contributed by atoms with Crippen molar-refractivity contribution in [1.29, 1.82) is 5.26 Å². The highest BCUT2D eigenvalue weighted by Gasteiger charge is 2.16. The van der Waals surface area contributed by atoms with Gasteiger partial charge in [0, 0.05) is 11.2 Å². The quantitative estimate of drug-likeness (QED) is 0.781. The molecule has 3 nitrogen and oxygen atoms in total. The molecule has 1 aromatic heterocycles. The van der Waals surface area contributed by atoms with Crippen molar-refractivity contribution < 1.29 is 9.15 Å². The van der Waals surface area contributed by atoms with E-state index in [1.54, 1.807) is 0 Å². The lowest BCUT2D eigenvalue weighted by Crippen LogP contribution is -2.12. The minimum absolute atomic E-state index is 0.251. The maximum Gasteiger partial charge on any atom is 0.246 e. The fourth-order valence-corrected chi connectivity index (χ4v) is 2.36. The molecule has 1 heterocycles. The fourth-order valence-electron chi connectivity index (χ4n) is 1.71. The summed E-state index contributed by atoms with van der Waals surface area (Å²) in [6.45, 7) is 2.70. The number of ether oxygens (including phenoxy) is 1. The molecule has 0 N–H and O–H groups in total. The van der Waals surface area contributed by atoms with Gasteiger partial charge in [0.25, 0.3) is 0 Å². The number of fused-ring (bicyclic) bond motifs is 1. The number of alkyl halides is 1.